The monoisotopic (exact) mass is 326 g/mol. The highest BCUT2D eigenvalue weighted by molar-refractivity contribution is 5.91. The minimum atomic E-state index is -1.20. The number of hydrogen-bond acceptors (Lipinski definition) is 2. The number of carbonyl (C=O) groups is 1. The van der Waals surface area contributed by atoms with Crippen molar-refractivity contribution in [2.75, 3.05) is 0 Å². The summed E-state index contributed by atoms with van der Waals surface area (Å²) in [5.41, 5.74) is 0.800. The molecule has 128 valence electrons. The number of aliphatic carboxylic acids is 1. The molecule has 0 aliphatic heterocycles. The molecule has 1 saturated carbocycles. The molecule has 0 spiro atoms. The van der Waals surface area contributed by atoms with Gasteiger partial charge in [-0.05, 0) is 54.9 Å². The number of nitrogens with zero attached hydrogens (tertiary/aromatic N) is 2. The quantitative estimate of drug-likeness (QED) is 0.486. The Morgan fingerprint density at radius 1 is 1.46 bits per heavy atom. The summed E-state index contributed by atoms with van der Waals surface area (Å²) in [5.74, 6) is 0.823. The zero-order valence-electron chi connectivity index (χ0n) is 14.6. The lowest BCUT2D eigenvalue weighted by atomic mass is 9.74. The summed E-state index contributed by atoms with van der Waals surface area (Å²) in [6.45, 7) is 6.90. The molecule has 0 bridgehead atoms. The number of aromatic nitrogens is 1. The molecular formula is C20H26N2O2. The van der Waals surface area contributed by atoms with Gasteiger partial charge in [0, 0.05) is 17.9 Å². The minimum absolute atomic E-state index is 0.254. The van der Waals surface area contributed by atoms with Gasteiger partial charge in [0.25, 0.3) is 0 Å². The van der Waals surface area contributed by atoms with Crippen LogP contribution in [0.5, 0.6) is 0 Å². The molecule has 0 amide bonds. The van der Waals surface area contributed by atoms with Crippen LogP contribution in [0, 0.1) is 29.1 Å². The van der Waals surface area contributed by atoms with Crippen LogP contribution in [-0.4, -0.2) is 15.6 Å². The molecule has 4 heteroatoms. The Bertz CT molecular complexity index is 676. The minimum Gasteiger partial charge on any atom is -0.477 e. The van der Waals surface area contributed by atoms with E-state index in [1.807, 2.05) is 18.2 Å². The molecule has 1 fully saturated rings. The zero-order valence-corrected chi connectivity index (χ0v) is 14.6. The van der Waals surface area contributed by atoms with Crippen molar-refractivity contribution in [3.8, 4) is 6.07 Å². The molecule has 0 radical (unpaired) electrons. The van der Waals surface area contributed by atoms with Crippen molar-refractivity contribution in [3.05, 3.63) is 41.7 Å². The molecular weight excluding hydrogens is 300 g/mol. The number of rotatable bonds is 5. The van der Waals surface area contributed by atoms with Crippen LogP contribution >= 0.6 is 0 Å². The van der Waals surface area contributed by atoms with E-state index in [1.54, 1.807) is 12.1 Å². The lowest BCUT2D eigenvalue weighted by Gasteiger charge is -2.39. The number of carboxylic acid groups (broad SMARTS) is 1. The molecule has 4 nitrogen and oxygen atoms in total. The zero-order chi connectivity index (χ0) is 17.7. The van der Waals surface area contributed by atoms with E-state index in [4.69, 9.17) is 10.4 Å². The van der Waals surface area contributed by atoms with E-state index in [0.717, 1.165) is 11.6 Å². The van der Waals surface area contributed by atoms with Crippen molar-refractivity contribution in [1.82, 2.24) is 4.57 Å². The van der Waals surface area contributed by atoms with Crippen LogP contribution in [0.1, 0.15) is 51.8 Å². The number of nitriles is 1. The third-order valence-corrected chi connectivity index (χ3v) is 5.04. The molecule has 1 aliphatic carbocycles. The predicted octanol–water partition coefficient (Wildman–Crippen LogP) is 4.67. The van der Waals surface area contributed by atoms with Crippen LogP contribution in [-0.2, 0) is 4.79 Å². The Balaban J connectivity index is 2.26. The van der Waals surface area contributed by atoms with Gasteiger partial charge in [-0.1, -0.05) is 33.3 Å². The second-order valence-electron chi connectivity index (χ2n) is 7.09. The number of carboxylic acids is 1. The third kappa shape index (κ3) is 4.17. The van der Waals surface area contributed by atoms with Gasteiger partial charge in [0.1, 0.15) is 11.6 Å². The van der Waals surface area contributed by atoms with E-state index in [9.17, 15) is 4.79 Å². The molecule has 3 unspecified atom stereocenters. The third-order valence-electron chi connectivity index (χ3n) is 5.04. The number of hydrogen-bond donors (Lipinski definition) is 1. The lowest BCUT2D eigenvalue weighted by molar-refractivity contribution is -0.132. The largest absolute Gasteiger partial charge is 0.477 e. The fraction of sp³-hybridized carbons (Fsp3) is 0.500. The van der Waals surface area contributed by atoms with Crippen molar-refractivity contribution in [2.45, 2.75) is 46.1 Å². The highest BCUT2D eigenvalue weighted by Crippen LogP contribution is 2.41. The Morgan fingerprint density at radius 3 is 2.83 bits per heavy atom. The lowest BCUT2D eigenvalue weighted by Crippen LogP contribution is -2.30. The van der Waals surface area contributed by atoms with Crippen LogP contribution in [0.15, 0.2) is 36.1 Å². The van der Waals surface area contributed by atoms with Gasteiger partial charge in [0.2, 0.25) is 0 Å². The SMILES string of the molecule is CC1CCC(C(C)C)C(n2cccc2C=CC=C(C#N)C(=O)O)C1. The summed E-state index contributed by atoms with van der Waals surface area (Å²) < 4.78 is 2.32. The fourth-order valence-electron chi connectivity index (χ4n) is 3.72. The van der Waals surface area contributed by atoms with Gasteiger partial charge in [-0.15, -0.1) is 0 Å². The molecule has 0 saturated heterocycles. The molecule has 2 rings (SSSR count). The maximum atomic E-state index is 10.9. The molecule has 1 aromatic heterocycles. The van der Waals surface area contributed by atoms with Crippen LogP contribution in [0.4, 0.5) is 0 Å². The maximum absolute atomic E-state index is 10.9. The second-order valence-corrected chi connectivity index (χ2v) is 7.09. The smallest absolute Gasteiger partial charge is 0.346 e. The molecule has 24 heavy (non-hydrogen) atoms. The average molecular weight is 326 g/mol. The average Bonchev–Trinajstić information content (AvgIpc) is 2.99. The van der Waals surface area contributed by atoms with Gasteiger partial charge < -0.3 is 9.67 Å². The highest BCUT2D eigenvalue weighted by Gasteiger charge is 2.32. The van der Waals surface area contributed by atoms with Crippen LogP contribution in [0.25, 0.3) is 6.08 Å². The first kappa shape index (κ1) is 18.1. The van der Waals surface area contributed by atoms with E-state index in [0.29, 0.717) is 17.9 Å². The van der Waals surface area contributed by atoms with E-state index in [1.165, 1.54) is 25.3 Å². The summed E-state index contributed by atoms with van der Waals surface area (Å²) in [4.78, 5) is 10.9. The normalized spacial score (nSPS) is 25.1. The van der Waals surface area contributed by atoms with Crippen molar-refractivity contribution in [1.29, 1.82) is 5.26 Å². The van der Waals surface area contributed by atoms with Crippen molar-refractivity contribution < 1.29 is 9.90 Å². The summed E-state index contributed by atoms with van der Waals surface area (Å²) in [7, 11) is 0. The van der Waals surface area contributed by atoms with Gasteiger partial charge in [0.05, 0.1) is 0 Å². The fourth-order valence-corrected chi connectivity index (χ4v) is 3.72. The van der Waals surface area contributed by atoms with Crippen molar-refractivity contribution in [3.63, 3.8) is 0 Å². The highest BCUT2D eigenvalue weighted by atomic mass is 16.4. The van der Waals surface area contributed by atoms with Gasteiger partial charge in [-0.25, -0.2) is 4.79 Å². The van der Waals surface area contributed by atoms with Crippen molar-refractivity contribution in [2.24, 2.45) is 17.8 Å². The Morgan fingerprint density at radius 2 is 2.21 bits per heavy atom. The van der Waals surface area contributed by atoms with Gasteiger partial charge in [-0.2, -0.15) is 5.26 Å². The summed E-state index contributed by atoms with van der Waals surface area (Å²) in [6.07, 6.45) is 10.7. The van der Waals surface area contributed by atoms with Gasteiger partial charge in [-0.3, -0.25) is 0 Å². The van der Waals surface area contributed by atoms with E-state index >= 15 is 0 Å². The van der Waals surface area contributed by atoms with E-state index in [2.05, 4.69) is 31.5 Å². The van der Waals surface area contributed by atoms with Crippen LogP contribution in [0.3, 0.4) is 0 Å². The topological polar surface area (TPSA) is 66.0 Å². The first-order chi connectivity index (χ1) is 11.4. The van der Waals surface area contributed by atoms with Gasteiger partial charge in [0.15, 0.2) is 0 Å². The first-order valence-corrected chi connectivity index (χ1v) is 8.62. The Hall–Kier alpha value is -2.28. The molecule has 1 aliphatic rings. The summed E-state index contributed by atoms with van der Waals surface area (Å²) >= 11 is 0. The standard InChI is InChI=1S/C20H26N2O2/c1-14(2)18-10-9-15(3)12-19(18)22-11-5-8-17(22)7-4-6-16(13-21)20(23)24/h4-8,11,14-15,18-19H,9-10,12H2,1-3H3,(H,23,24). The maximum Gasteiger partial charge on any atom is 0.346 e. The molecule has 0 aromatic carbocycles. The molecule has 3 atom stereocenters. The molecule has 1 N–H and O–H groups in total. The van der Waals surface area contributed by atoms with Crippen LogP contribution < -0.4 is 0 Å². The van der Waals surface area contributed by atoms with Gasteiger partial charge >= 0.3 is 5.97 Å². The Kier molecular flexibility index (Phi) is 6.03. The second kappa shape index (κ2) is 8.01. The first-order valence-electron chi connectivity index (χ1n) is 8.62. The number of allylic oxidation sites excluding steroid dienone is 2. The summed E-state index contributed by atoms with van der Waals surface area (Å²) in [6, 6.07) is 6.23. The molecule has 1 heterocycles. The van der Waals surface area contributed by atoms with E-state index in [-0.39, 0.29) is 5.57 Å². The van der Waals surface area contributed by atoms with Crippen molar-refractivity contribution >= 4 is 12.0 Å². The Labute approximate surface area is 144 Å². The van der Waals surface area contributed by atoms with Crippen LogP contribution in [0.2, 0.25) is 0 Å². The molecule has 1 aromatic rings. The predicted molar refractivity (Wildman–Crippen MR) is 95.2 cm³/mol. The van der Waals surface area contributed by atoms with E-state index < -0.39 is 5.97 Å². The summed E-state index contributed by atoms with van der Waals surface area (Å²) in [5, 5.41) is 17.7.